The standard InChI is InChI=1S/C23H25NO4/c1-2-3-5-16-8-10-17(11-9-16)21(25)15-28-23(27)19-6-4-7-20(14-19)24-22(26)18-12-13-18/h4,6-11,14,18H,2-3,5,12-13,15H2,1H3,(H,24,26). The Hall–Kier alpha value is -2.95. The van der Waals surface area contributed by atoms with Gasteiger partial charge in [0.25, 0.3) is 0 Å². The number of hydrogen-bond donors (Lipinski definition) is 1. The molecule has 0 radical (unpaired) electrons. The van der Waals surface area contributed by atoms with Crippen molar-refractivity contribution in [1.29, 1.82) is 0 Å². The third kappa shape index (κ3) is 5.52. The van der Waals surface area contributed by atoms with E-state index in [1.165, 1.54) is 5.56 Å². The molecular formula is C23H25NO4. The highest BCUT2D eigenvalue weighted by Gasteiger charge is 2.29. The molecule has 0 aliphatic heterocycles. The quantitative estimate of drug-likeness (QED) is 0.517. The second-order valence-corrected chi connectivity index (χ2v) is 7.14. The first-order chi connectivity index (χ1) is 13.6. The zero-order valence-corrected chi connectivity index (χ0v) is 16.1. The van der Waals surface area contributed by atoms with Gasteiger partial charge in [0, 0.05) is 17.2 Å². The van der Waals surface area contributed by atoms with Crippen molar-refractivity contribution in [3.63, 3.8) is 0 Å². The number of ether oxygens (including phenoxy) is 1. The summed E-state index contributed by atoms with van der Waals surface area (Å²) < 4.78 is 5.16. The van der Waals surface area contributed by atoms with E-state index in [4.69, 9.17) is 4.74 Å². The summed E-state index contributed by atoms with van der Waals surface area (Å²) in [5.74, 6) is -0.770. The number of benzene rings is 2. The molecule has 0 aromatic heterocycles. The lowest BCUT2D eigenvalue weighted by Gasteiger charge is -2.08. The van der Waals surface area contributed by atoms with E-state index in [-0.39, 0.29) is 24.2 Å². The summed E-state index contributed by atoms with van der Waals surface area (Å²) in [5, 5.41) is 2.80. The van der Waals surface area contributed by atoms with Gasteiger partial charge in [-0.2, -0.15) is 0 Å². The molecule has 5 nitrogen and oxygen atoms in total. The lowest BCUT2D eigenvalue weighted by atomic mass is 10.0. The van der Waals surface area contributed by atoms with E-state index in [0.717, 1.165) is 32.1 Å². The van der Waals surface area contributed by atoms with Crippen LogP contribution in [-0.4, -0.2) is 24.3 Å². The van der Waals surface area contributed by atoms with Gasteiger partial charge < -0.3 is 10.1 Å². The first-order valence-corrected chi connectivity index (χ1v) is 9.77. The Morgan fingerprint density at radius 2 is 1.79 bits per heavy atom. The molecule has 3 rings (SSSR count). The Morgan fingerprint density at radius 3 is 2.46 bits per heavy atom. The monoisotopic (exact) mass is 379 g/mol. The van der Waals surface area contributed by atoms with Gasteiger partial charge in [-0.1, -0.05) is 43.7 Å². The van der Waals surface area contributed by atoms with Crippen LogP contribution in [0.5, 0.6) is 0 Å². The molecule has 2 aromatic rings. The maximum Gasteiger partial charge on any atom is 0.338 e. The molecule has 1 amide bonds. The Balaban J connectivity index is 1.53. The minimum absolute atomic E-state index is 0.0249. The largest absolute Gasteiger partial charge is 0.454 e. The Bertz CT molecular complexity index is 853. The second-order valence-electron chi connectivity index (χ2n) is 7.14. The fraction of sp³-hybridized carbons (Fsp3) is 0.348. The number of Topliss-reactive ketones (excluding diaryl/α,β-unsaturated/α-hetero) is 1. The van der Waals surface area contributed by atoms with Crippen LogP contribution in [0.3, 0.4) is 0 Å². The maximum absolute atomic E-state index is 12.3. The highest BCUT2D eigenvalue weighted by molar-refractivity contribution is 6.00. The van der Waals surface area contributed by atoms with Crippen LogP contribution in [0, 0.1) is 5.92 Å². The predicted molar refractivity (Wildman–Crippen MR) is 107 cm³/mol. The summed E-state index contributed by atoms with van der Waals surface area (Å²) in [6, 6.07) is 14.0. The lowest BCUT2D eigenvalue weighted by Crippen LogP contribution is -2.16. The van der Waals surface area contributed by atoms with Crippen LogP contribution in [0.25, 0.3) is 0 Å². The summed E-state index contributed by atoms with van der Waals surface area (Å²) in [6.07, 6.45) is 5.06. The molecule has 0 unspecified atom stereocenters. The van der Waals surface area contributed by atoms with Crippen LogP contribution >= 0.6 is 0 Å². The molecule has 0 spiro atoms. The molecular weight excluding hydrogens is 354 g/mol. The average Bonchev–Trinajstić information content (AvgIpc) is 3.56. The normalized spacial score (nSPS) is 13.0. The smallest absolute Gasteiger partial charge is 0.338 e. The zero-order valence-electron chi connectivity index (χ0n) is 16.1. The number of ketones is 1. The Morgan fingerprint density at radius 1 is 1.04 bits per heavy atom. The average molecular weight is 379 g/mol. The number of esters is 1. The summed E-state index contributed by atoms with van der Waals surface area (Å²) in [5.41, 5.74) is 2.58. The number of aryl methyl sites for hydroxylation is 1. The van der Waals surface area contributed by atoms with Gasteiger partial charge in [0.2, 0.25) is 5.91 Å². The third-order valence-corrected chi connectivity index (χ3v) is 4.74. The first-order valence-electron chi connectivity index (χ1n) is 9.77. The molecule has 146 valence electrons. The number of nitrogens with one attached hydrogen (secondary N) is 1. The van der Waals surface area contributed by atoms with Gasteiger partial charge in [0.1, 0.15) is 0 Å². The molecule has 2 aromatic carbocycles. The van der Waals surface area contributed by atoms with E-state index in [2.05, 4.69) is 12.2 Å². The second kappa shape index (κ2) is 9.31. The van der Waals surface area contributed by atoms with Crippen LogP contribution in [0.1, 0.15) is 58.9 Å². The van der Waals surface area contributed by atoms with Gasteiger partial charge in [-0.25, -0.2) is 4.79 Å². The number of carbonyl (C=O) groups is 3. The number of hydrogen-bond acceptors (Lipinski definition) is 4. The van der Waals surface area contributed by atoms with Crippen molar-refractivity contribution in [1.82, 2.24) is 0 Å². The molecule has 0 bridgehead atoms. The van der Waals surface area contributed by atoms with Gasteiger partial charge in [-0.15, -0.1) is 0 Å². The van der Waals surface area contributed by atoms with Crippen LogP contribution in [0.2, 0.25) is 0 Å². The third-order valence-electron chi connectivity index (χ3n) is 4.74. The Kier molecular flexibility index (Phi) is 6.58. The summed E-state index contributed by atoms with van der Waals surface area (Å²) in [6.45, 7) is 1.83. The molecule has 1 saturated carbocycles. The fourth-order valence-electron chi connectivity index (χ4n) is 2.85. The van der Waals surface area contributed by atoms with Crippen molar-refractivity contribution >= 4 is 23.3 Å². The summed E-state index contributed by atoms with van der Waals surface area (Å²) >= 11 is 0. The summed E-state index contributed by atoms with van der Waals surface area (Å²) in [7, 11) is 0. The van der Waals surface area contributed by atoms with E-state index < -0.39 is 5.97 Å². The molecule has 5 heteroatoms. The SMILES string of the molecule is CCCCc1ccc(C(=O)COC(=O)c2cccc(NC(=O)C3CC3)c2)cc1. The molecule has 0 saturated heterocycles. The number of unbranched alkanes of at least 4 members (excludes halogenated alkanes) is 1. The van der Waals surface area contributed by atoms with Gasteiger partial charge in [-0.05, 0) is 49.4 Å². The fourth-order valence-corrected chi connectivity index (χ4v) is 2.85. The van der Waals surface area contributed by atoms with Gasteiger partial charge in [-0.3, -0.25) is 9.59 Å². The number of anilines is 1. The van der Waals surface area contributed by atoms with Crippen molar-refractivity contribution in [3.8, 4) is 0 Å². The molecule has 0 heterocycles. The highest BCUT2D eigenvalue weighted by atomic mass is 16.5. The molecule has 0 atom stereocenters. The van der Waals surface area contributed by atoms with Crippen molar-refractivity contribution in [2.45, 2.75) is 39.0 Å². The highest BCUT2D eigenvalue weighted by Crippen LogP contribution is 2.30. The van der Waals surface area contributed by atoms with Crippen molar-refractivity contribution in [2.75, 3.05) is 11.9 Å². The van der Waals surface area contributed by atoms with Gasteiger partial charge in [0.15, 0.2) is 12.4 Å². The Labute approximate surface area is 165 Å². The lowest BCUT2D eigenvalue weighted by molar-refractivity contribution is -0.117. The summed E-state index contributed by atoms with van der Waals surface area (Å²) in [4.78, 5) is 36.4. The number of carbonyl (C=O) groups excluding carboxylic acids is 3. The van der Waals surface area contributed by atoms with E-state index in [1.54, 1.807) is 36.4 Å². The van der Waals surface area contributed by atoms with Crippen molar-refractivity contribution in [3.05, 3.63) is 65.2 Å². The van der Waals surface area contributed by atoms with Crippen molar-refractivity contribution < 1.29 is 19.1 Å². The van der Waals surface area contributed by atoms with Crippen molar-refractivity contribution in [2.24, 2.45) is 5.92 Å². The van der Waals surface area contributed by atoms with E-state index >= 15 is 0 Å². The minimum atomic E-state index is -0.588. The van der Waals surface area contributed by atoms with Crippen LogP contribution < -0.4 is 5.32 Å². The number of amides is 1. The topological polar surface area (TPSA) is 72.5 Å². The van der Waals surface area contributed by atoms with Gasteiger partial charge >= 0.3 is 5.97 Å². The van der Waals surface area contributed by atoms with E-state index in [0.29, 0.717) is 16.8 Å². The molecule has 1 aliphatic rings. The molecule has 28 heavy (non-hydrogen) atoms. The predicted octanol–water partition coefficient (Wildman–Crippen LogP) is 4.42. The number of rotatable bonds is 9. The zero-order chi connectivity index (χ0) is 19.9. The maximum atomic E-state index is 12.3. The molecule has 1 N–H and O–H groups in total. The first kappa shape index (κ1) is 19.8. The van der Waals surface area contributed by atoms with Crippen LogP contribution in [-0.2, 0) is 16.0 Å². The molecule has 1 aliphatic carbocycles. The molecule has 1 fully saturated rings. The van der Waals surface area contributed by atoms with Gasteiger partial charge in [0.05, 0.1) is 5.56 Å². The van der Waals surface area contributed by atoms with E-state index in [9.17, 15) is 14.4 Å². The van der Waals surface area contributed by atoms with Crippen LogP contribution in [0.15, 0.2) is 48.5 Å². The van der Waals surface area contributed by atoms with Crippen LogP contribution in [0.4, 0.5) is 5.69 Å². The van der Waals surface area contributed by atoms with E-state index in [1.807, 2.05) is 12.1 Å². The minimum Gasteiger partial charge on any atom is -0.454 e.